The molecule has 0 saturated carbocycles. The fraction of sp³-hybridized carbons (Fsp3) is 0.300. The summed E-state index contributed by atoms with van der Waals surface area (Å²) in [5.74, 6) is -0.678. The molecule has 0 aliphatic carbocycles. The molecule has 1 heterocycles. The Bertz CT molecular complexity index is 1280. The molecule has 0 spiro atoms. The second-order valence-corrected chi connectivity index (χ2v) is 9.82. The number of nitrogens with zero attached hydrogens (tertiary/aromatic N) is 1. The predicted octanol–water partition coefficient (Wildman–Crippen LogP) is 5.93. The fourth-order valence-electron chi connectivity index (χ4n) is 3.99. The highest BCUT2D eigenvalue weighted by atomic mass is 32.1. The standard InChI is InChI=1S/C30H35N3O3S/c1-4-5-6-7-8-26-28(37-29(33-26)22-11-9-21(18-31)10-12-22)16-15-27(34)23-13-14-25(24(17-23)19-32)20(2)30(35)36-3/h9-17H,2,4-8,18-19,31-32H2,1,3H3. The van der Waals surface area contributed by atoms with Gasteiger partial charge in [-0.1, -0.05) is 69.2 Å². The van der Waals surface area contributed by atoms with Crippen molar-refractivity contribution in [1.29, 1.82) is 0 Å². The van der Waals surface area contributed by atoms with Crippen molar-refractivity contribution in [3.63, 3.8) is 0 Å². The number of benzene rings is 2. The summed E-state index contributed by atoms with van der Waals surface area (Å²) in [4.78, 5) is 30.8. The van der Waals surface area contributed by atoms with E-state index in [0.717, 1.165) is 46.0 Å². The smallest absolute Gasteiger partial charge is 0.337 e. The number of esters is 1. The minimum atomic E-state index is -0.529. The van der Waals surface area contributed by atoms with E-state index in [4.69, 9.17) is 21.2 Å². The van der Waals surface area contributed by atoms with Gasteiger partial charge >= 0.3 is 5.97 Å². The molecule has 3 rings (SSSR count). The number of hydrogen-bond acceptors (Lipinski definition) is 7. The number of aromatic nitrogens is 1. The topological polar surface area (TPSA) is 108 Å². The zero-order chi connectivity index (χ0) is 26.8. The van der Waals surface area contributed by atoms with Crippen molar-refractivity contribution in [3.8, 4) is 10.6 Å². The maximum atomic E-state index is 13.0. The monoisotopic (exact) mass is 517 g/mol. The molecule has 4 N–H and O–H groups in total. The van der Waals surface area contributed by atoms with E-state index in [1.165, 1.54) is 20.0 Å². The van der Waals surface area contributed by atoms with Crippen molar-refractivity contribution in [2.45, 2.75) is 52.1 Å². The highest BCUT2D eigenvalue weighted by Crippen LogP contribution is 2.31. The van der Waals surface area contributed by atoms with Gasteiger partial charge in [-0.3, -0.25) is 4.79 Å². The highest BCUT2D eigenvalue weighted by molar-refractivity contribution is 7.16. The quantitative estimate of drug-likeness (QED) is 0.126. The molecule has 0 aliphatic heterocycles. The van der Waals surface area contributed by atoms with Crippen molar-refractivity contribution >= 4 is 34.7 Å². The summed E-state index contributed by atoms with van der Waals surface area (Å²) < 4.78 is 4.76. The van der Waals surface area contributed by atoms with E-state index in [2.05, 4.69) is 13.5 Å². The molecule has 0 radical (unpaired) electrons. The van der Waals surface area contributed by atoms with E-state index in [9.17, 15) is 9.59 Å². The number of unbranched alkanes of at least 4 members (excludes halogenated alkanes) is 3. The molecule has 0 amide bonds. The average molecular weight is 518 g/mol. The van der Waals surface area contributed by atoms with Gasteiger partial charge in [-0.2, -0.15) is 0 Å². The summed E-state index contributed by atoms with van der Waals surface area (Å²) in [7, 11) is 1.30. The summed E-state index contributed by atoms with van der Waals surface area (Å²) in [6.07, 6.45) is 8.89. The van der Waals surface area contributed by atoms with E-state index >= 15 is 0 Å². The number of carbonyl (C=O) groups excluding carboxylic acids is 2. The first-order valence-corrected chi connectivity index (χ1v) is 13.4. The minimum absolute atomic E-state index is 0.149. The van der Waals surface area contributed by atoms with Crippen LogP contribution in [0.1, 0.15) is 70.2 Å². The Hall–Kier alpha value is -3.39. The third-order valence-electron chi connectivity index (χ3n) is 6.18. The van der Waals surface area contributed by atoms with Gasteiger partial charge in [0, 0.05) is 24.2 Å². The Morgan fingerprint density at radius 2 is 1.81 bits per heavy atom. The number of thiazole rings is 1. The molecule has 0 atom stereocenters. The molecule has 194 valence electrons. The highest BCUT2D eigenvalue weighted by Gasteiger charge is 2.16. The molecule has 0 bridgehead atoms. The Morgan fingerprint density at radius 3 is 2.46 bits per heavy atom. The molecule has 0 fully saturated rings. The number of methoxy groups -OCH3 is 1. The first-order valence-electron chi connectivity index (χ1n) is 12.5. The Labute approximate surface area is 223 Å². The number of ketones is 1. The normalized spacial score (nSPS) is 11.1. The van der Waals surface area contributed by atoms with E-state index in [1.807, 2.05) is 30.3 Å². The van der Waals surface area contributed by atoms with Crippen molar-refractivity contribution in [2.75, 3.05) is 7.11 Å². The van der Waals surface area contributed by atoms with Crippen LogP contribution in [0.3, 0.4) is 0 Å². The molecule has 1 aromatic heterocycles. The molecule has 6 nitrogen and oxygen atoms in total. The molecule has 2 aromatic carbocycles. The van der Waals surface area contributed by atoms with Crippen LogP contribution in [0.2, 0.25) is 0 Å². The van der Waals surface area contributed by atoms with Gasteiger partial charge in [-0.05, 0) is 47.8 Å². The van der Waals surface area contributed by atoms with E-state index in [-0.39, 0.29) is 17.9 Å². The SMILES string of the molecule is C=C(C(=O)OC)c1ccc(C(=O)C=Cc2sc(-c3ccc(CN)cc3)nc2CCCCCC)cc1CN. The van der Waals surface area contributed by atoms with Crippen LogP contribution in [0, 0.1) is 0 Å². The van der Waals surface area contributed by atoms with Crippen LogP contribution in [0.5, 0.6) is 0 Å². The van der Waals surface area contributed by atoms with Crippen molar-refractivity contribution in [1.82, 2.24) is 4.98 Å². The zero-order valence-corrected chi connectivity index (χ0v) is 22.4. The maximum Gasteiger partial charge on any atom is 0.337 e. The van der Waals surface area contributed by atoms with Gasteiger partial charge in [-0.15, -0.1) is 11.3 Å². The summed E-state index contributed by atoms with van der Waals surface area (Å²) in [5.41, 5.74) is 16.7. The van der Waals surface area contributed by atoms with Crippen LogP contribution in [0.15, 0.2) is 55.1 Å². The van der Waals surface area contributed by atoms with Gasteiger partial charge in [0.05, 0.1) is 23.3 Å². The number of aryl methyl sites for hydroxylation is 1. The Balaban J connectivity index is 1.86. The second-order valence-electron chi connectivity index (χ2n) is 8.79. The lowest BCUT2D eigenvalue weighted by molar-refractivity contribution is -0.133. The van der Waals surface area contributed by atoms with Crippen LogP contribution >= 0.6 is 11.3 Å². The molecular weight excluding hydrogens is 482 g/mol. The third-order valence-corrected chi connectivity index (χ3v) is 7.30. The maximum absolute atomic E-state index is 13.0. The van der Waals surface area contributed by atoms with E-state index < -0.39 is 5.97 Å². The number of rotatable bonds is 13. The van der Waals surface area contributed by atoms with Gasteiger partial charge in [0.25, 0.3) is 0 Å². The van der Waals surface area contributed by atoms with Crippen LogP contribution in [-0.4, -0.2) is 23.8 Å². The lowest BCUT2D eigenvalue weighted by Gasteiger charge is -2.10. The first kappa shape index (κ1) is 28.2. The average Bonchev–Trinajstić information content (AvgIpc) is 3.35. The van der Waals surface area contributed by atoms with Crippen molar-refractivity contribution in [3.05, 3.63) is 87.9 Å². The summed E-state index contributed by atoms with van der Waals surface area (Å²) >= 11 is 1.58. The van der Waals surface area contributed by atoms with Crippen LogP contribution < -0.4 is 11.5 Å². The third kappa shape index (κ3) is 7.32. The number of allylic oxidation sites excluding steroid dienone is 1. The molecule has 0 aliphatic rings. The van der Waals surface area contributed by atoms with Crippen LogP contribution in [-0.2, 0) is 29.0 Å². The van der Waals surface area contributed by atoms with Crippen molar-refractivity contribution in [2.24, 2.45) is 11.5 Å². The predicted molar refractivity (Wildman–Crippen MR) is 152 cm³/mol. The summed E-state index contributed by atoms with van der Waals surface area (Å²) in [6, 6.07) is 13.2. The summed E-state index contributed by atoms with van der Waals surface area (Å²) in [6.45, 7) is 6.66. The molecule has 3 aromatic rings. The molecular formula is C30H35N3O3S. The van der Waals surface area contributed by atoms with E-state index in [0.29, 0.717) is 23.2 Å². The molecule has 0 saturated heterocycles. The lowest BCUT2D eigenvalue weighted by Crippen LogP contribution is -2.09. The molecule has 0 unspecified atom stereocenters. The largest absolute Gasteiger partial charge is 0.465 e. The van der Waals surface area contributed by atoms with Crippen LogP contribution in [0.25, 0.3) is 22.2 Å². The number of hydrogen-bond donors (Lipinski definition) is 2. The van der Waals surface area contributed by atoms with Gasteiger partial charge in [0.15, 0.2) is 5.78 Å². The Kier molecular flexibility index (Phi) is 10.5. The minimum Gasteiger partial charge on any atom is -0.465 e. The molecule has 37 heavy (non-hydrogen) atoms. The van der Waals surface area contributed by atoms with Crippen LogP contribution in [0.4, 0.5) is 0 Å². The Morgan fingerprint density at radius 1 is 1.05 bits per heavy atom. The number of ether oxygens (including phenoxy) is 1. The fourth-order valence-corrected chi connectivity index (χ4v) is 5.01. The van der Waals surface area contributed by atoms with Crippen molar-refractivity contribution < 1.29 is 14.3 Å². The van der Waals surface area contributed by atoms with Gasteiger partial charge < -0.3 is 16.2 Å². The van der Waals surface area contributed by atoms with Gasteiger partial charge in [-0.25, -0.2) is 9.78 Å². The first-order chi connectivity index (χ1) is 17.9. The molecule has 7 heteroatoms. The lowest BCUT2D eigenvalue weighted by atomic mass is 9.96. The second kappa shape index (κ2) is 13.8. The number of nitrogens with two attached hydrogens (primary N) is 2. The van der Waals surface area contributed by atoms with Gasteiger partial charge in [0.2, 0.25) is 0 Å². The number of carbonyl (C=O) groups is 2. The van der Waals surface area contributed by atoms with Gasteiger partial charge in [0.1, 0.15) is 5.01 Å². The zero-order valence-electron chi connectivity index (χ0n) is 21.6. The summed E-state index contributed by atoms with van der Waals surface area (Å²) in [5, 5.41) is 0.928. The van der Waals surface area contributed by atoms with E-state index in [1.54, 1.807) is 35.6 Å².